The van der Waals surface area contributed by atoms with Crippen molar-refractivity contribution in [1.82, 2.24) is 19.9 Å². The molecule has 26 heavy (non-hydrogen) atoms. The minimum absolute atomic E-state index is 0.0746. The minimum atomic E-state index is -2.85. The molecule has 3 rings (SSSR count). The molecule has 3 aromatic rings. The second-order valence-corrected chi connectivity index (χ2v) is 5.01. The molecule has 0 aliphatic carbocycles. The number of nitrogen functional groups attached to an aromatic ring is 1. The van der Waals surface area contributed by atoms with Gasteiger partial charge in [-0.25, -0.2) is 19.9 Å². The molecule has 0 spiro atoms. The first-order valence-corrected chi connectivity index (χ1v) is 7.41. The molecule has 0 fully saturated rings. The van der Waals surface area contributed by atoms with Gasteiger partial charge in [0.25, 0.3) is 0 Å². The fourth-order valence-corrected chi connectivity index (χ4v) is 1.91. The van der Waals surface area contributed by atoms with Gasteiger partial charge in [-0.15, -0.1) is 0 Å². The third-order valence-corrected chi connectivity index (χ3v) is 3.09. The van der Waals surface area contributed by atoms with Crippen molar-refractivity contribution < 1.29 is 18.3 Å². The van der Waals surface area contributed by atoms with Crippen LogP contribution in [0.2, 0.25) is 0 Å². The highest BCUT2D eigenvalue weighted by atomic mass is 19.3. The number of halogens is 2. The van der Waals surface area contributed by atoms with Gasteiger partial charge in [-0.05, 0) is 24.3 Å². The number of benzene rings is 1. The van der Waals surface area contributed by atoms with Crippen LogP contribution in [0.25, 0.3) is 0 Å². The van der Waals surface area contributed by atoms with Crippen molar-refractivity contribution >= 4 is 17.6 Å². The molecule has 0 saturated carbocycles. The first-order valence-electron chi connectivity index (χ1n) is 7.41. The molecule has 0 amide bonds. The van der Waals surface area contributed by atoms with Gasteiger partial charge < -0.3 is 20.5 Å². The van der Waals surface area contributed by atoms with Crippen molar-refractivity contribution in [2.75, 3.05) is 11.1 Å². The third-order valence-electron chi connectivity index (χ3n) is 3.09. The van der Waals surface area contributed by atoms with Crippen LogP contribution in [0.1, 0.15) is 5.56 Å². The smallest absolute Gasteiger partial charge is 0.387 e. The number of hydrogen-bond donors (Lipinski definition) is 2. The fourth-order valence-electron chi connectivity index (χ4n) is 1.91. The van der Waals surface area contributed by atoms with Crippen LogP contribution in [0.4, 0.5) is 26.4 Å². The van der Waals surface area contributed by atoms with Gasteiger partial charge in [0, 0.05) is 23.6 Å². The lowest BCUT2D eigenvalue weighted by molar-refractivity contribution is -0.0498. The minimum Gasteiger partial charge on any atom is -0.486 e. The number of ether oxygens (including phenoxy) is 2. The van der Waals surface area contributed by atoms with Gasteiger partial charge in [-0.3, -0.25) is 0 Å². The molecule has 3 N–H and O–H groups in total. The second-order valence-electron chi connectivity index (χ2n) is 5.01. The molecule has 0 unspecified atom stereocenters. The summed E-state index contributed by atoms with van der Waals surface area (Å²) in [5, 5.41) is 2.95. The summed E-state index contributed by atoms with van der Waals surface area (Å²) in [5.41, 5.74) is 6.78. The number of nitrogens with two attached hydrogens (primary N) is 1. The Hall–Kier alpha value is -3.56. The Morgan fingerprint density at radius 2 is 1.58 bits per heavy atom. The maximum Gasteiger partial charge on any atom is 0.387 e. The van der Waals surface area contributed by atoms with Crippen molar-refractivity contribution in [2.45, 2.75) is 13.2 Å². The predicted octanol–water partition coefficient (Wildman–Crippen LogP) is 2.77. The van der Waals surface area contributed by atoms with Gasteiger partial charge in [-0.1, -0.05) is 0 Å². The van der Waals surface area contributed by atoms with E-state index in [1.807, 2.05) is 0 Å². The van der Waals surface area contributed by atoms with Crippen LogP contribution in [0.5, 0.6) is 11.5 Å². The highest BCUT2D eigenvalue weighted by Gasteiger charge is 2.05. The highest BCUT2D eigenvalue weighted by Crippen LogP contribution is 2.19. The van der Waals surface area contributed by atoms with E-state index in [0.717, 1.165) is 5.56 Å². The number of anilines is 3. The zero-order valence-corrected chi connectivity index (χ0v) is 13.3. The number of alkyl halides is 2. The predicted molar refractivity (Wildman–Crippen MR) is 89.2 cm³/mol. The number of nitrogens with zero attached hydrogens (tertiary/aromatic N) is 4. The number of aromatic nitrogens is 4. The molecular formula is C16H14F2N6O2. The van der Waals surface area contributed by atoms with E-state index in [4.69, 9.17) is 10.5 Å². The zero-order valence-electron chi connectivity index (χ0n) is 13.3. The first kappa shape index (κ1) is 17.3. The second kappa shape index (κ2) is 8.01. The third kappa shape index (κ3) is 4.97. The largest absolute Gasteiger partial charge is 0.486 e. The molecule has 1 aromatic carbocycles. The summed E-state index contributed by atoms with van der Waals surface area (Å²) in [6.45, 7) is -2.61. The summed E-state index contributed by atoms with van der Waals surface area (Å²) >= 11 is 0. The highest BCUT2D eigenvalue weighted by molar-refractivity contribution is 5.54. The van der Waals surface area contributed by atoms with Crippen LogP contribution in [0, 0.1) is 0 Å². The van der Waals surface area contributed by atoms with E-state index in [-0.39, 0.29) is 18.3 Å². The maximum atomic E-state index is 12.1. The summed E-state index contributed by atoms with van der Waals surface area (Å²) < 4.78 is 34.0. The summed E-state index contributed by atoms with van der Waals surface area (Å²) in [6.07, 6.45) is 6.14. The molecule has 0 radical (unpaired) electrons. The van der Waals surface area contributed by atoms with E-state index < -0.39 is 6.61 Å². The summed E-state index contributed by atoms with van der Waals surface area (Å²) in [4.78, 5) is 16.0. The molecule has 2 aromatic heterocycles. The lowest BCUT2D eigenvalue weighted by Gasteiger charge is -2.08. The molecule has 0 saturated heterocycles. The Bertz CT molecular complexity index is 829. The Morgan fingerprint density at radius 1 is 0.923 bits per heavy atom. The van der Waals surface area contributed by atoms with E-state index in [2.05, 4.69) is 30.0 Å². The molecule has 10 heteroatoms. The normalized spacial score (nSPS) is 10.6. The van der Waals surface area contributed by atoms with Gasteiger partial charge in [0.2, 0.25) is 11.9 Å². The molecule has 0 bridgehead atoms. The van der Waals surface area contributed by atoms with E-state index in [1.54, 1.807) is 24.5 Å². The lowest BCUT2D eigenvalue weighted by atomic mass is 10.3. The zero-order chi connectivity index (χ0) is 18.4. The van der Waals surface area contributed by atoms with Gasteiger partial charge in [0.05, 0.1) is 12.4 Å². The van der Waals surface area contributed by atoms with Crippen LogP contribution < -0.4 is 20.5 Å². The van der Waals surface area contributed by atoms with Crippen molar-refractivity contribution in [3.63, 3.8) is 0 Å². The topological polar surface area (TPSA) is 108 Å². The van der Waals surface area contributed by atoms with Crippen LogP contribution in [0.3, 0.4) is 0 Å². The van der Waals surface area contributed by atoms with Crippen LogP contribution in [-0.2, 0) is 6.61 Å². The van der Waals surface area contributed by atoms with Crippen LogP contribution in [0.15, 0.2) is 49.1 Å². The van der Waals surface area contributed by atoms with Crippen molar-refractivity contribution in [3.8, 4) is 11.5 Å². The first-order chi connectivity index (χ1) is 12.6. The molecule has 8 nitrogen and oxygen atoms in total. The van der Waals surface area contributed by atoms with Gasteiger partial charge in [0.15, 0.2) is 5.75 Å². The SMILES string of the molecule is Nc1ncc(OCc2cnc(Nc3ccc(OC(F)F)cc3)nc2)cn1. The van der Waals surface area contributed by atoms with Gasteiger partial charge >= 0.3 is 6.61 Å². The standard InChI is InChI=1S/C16H14F2N6O2/c17-14(18)26-12-3-1-11(2-4-12)24-16-22-5-10(6-23-16)9-25-13-7-20-15(19)21-8-13/h1-8,14H,9H2,(H2,19,20,21)(H,22,23,24). The Morgan fingerprint density at radius 3 is 2.19 bits per heavy atom. The van der Waals surface area contributed by atoms with Crippen molar-refractivity contribution in [3.05, 3.63) is 54.6 Å². The average Bonchev–Trinajstić information content (AvgIpc) is 2.64. The average molecular weight is 360 g/mol. The monoisotopic (exact) mass is 360 g/mol. The van der Waals surface area contributed by atoms with Crippen LogP contribution in [-0.4, -0.2) is 26.5 Å². The molecule has 134 valence electrons. The van der Waals surface area contributed by atoms with Crippen molar-refractivity contribution in [1.29, 1.82) is 0 Å². The summed E-state index contributed by atoms with van der Waals surface area (Å²) in [6, 6.07) is 6.01. The maximum absolute atomic E-state index is 12.1. The van der Waals surface area contributed by atoms with E-state index in [1.165, 1.54) is 24.5 Å². The molecule has 0 aliphatic rings. The lowest BCUT2D eigenvalue weighted by Crippen LogP contribution is -2.03. The summed E-state index contributed by atoms with van der Waals surface area (Å²) in [5.74, 6) is 1.08. The Kier molecular flexibility index (Phi) is 5.32. The Balaban J connectivity index is 1.54. The molecular weight excluding hydrogens is 346 g/mol. The number of nitrogens with one attached hydrogen (secondary N) is 1. The number of rotatable bonds is 7. The van der Waals surface area contributed by atoms with Gasteiger partial charge in [0.1, 0.15) is 12.4 Å². The quantitative estimate of drug-likeness (QED) is 0.662. The molecule has 0 aliphatic heterocycles. The fraction of sp³-hybridized carbons (Fsp3) is 0.125. The van der Waals surface area contributed by atoms with Crippen molar-refractivity contribution in [2.24, 2.45) is 0 Å². The van der Waals surface area contributed by atoms with E-state index in [9.17, 15) is 8.78 Å². The number of hydrogen-bond acceptors (Lipinski definition) is 8. The van der Waals surface area contributed by atoms with Crippen LogP contribution >= 0.6 is 0 Å². The Labute approximate surface area is 147 Å². The summed E-state index contributed by atoms with van der Waals surface area (Å²) in [7, 11) is 0. The molecule has 2 heterocycles. The van der Waals surface area contributed by atoms with E-state index >= 15 is 0 Å². The van der Waals surface area contributed by atoms with E-state index in [0.29, 0.717) is 17.4 Å². The van der Waals surface area contributed by atoms with Gasteiger partial charge in [-0.2, -0.15) is 8.78 Å². The molecule has 0 atom stereocenters.